The maximum Gasteiger partial charge on any atom is -0.0383 e. The average Bonchev–Trinajstić information content (AvgIpc) is 2.26. The van der Waals surface area contributed by atoms with Gasteiger partial charge in [0.25, 0.3) is 0 Å². The summed E-state index contributed by atoms with van der Waals surface area (Å²) in [6.07, 6.45) is 15.7. The van der Waals surface area contributed by atoms with Crippen LogP contribution in [0.3, 0.4) is 0 Å². The topological polar surface area (TPSA) is 0 Å². The Morgan fingerprint density at radius 2 is 0.714 bits per heavy atom. The fraction of sp³-hybridized carbons (Fsp3) is 1.00. The summed E-state index contributed by atoms with van der Waals surface area (Å²) in [7, 11) is 0. The van der Waals surface area contributed by atoms with Crippen LogP contribution in [0.2, 0.25) is 0 Å². The van der Waals surface area contributed by atoms with Crippen molar-refractivity contribution in [1.82, 2.24) is 0 Å². The molecule has 0 aromatic rings. The monoisotopic (exact) mass is 192 g/mol. The maximum atomic E-state index is 1.62. The molecule has 14 heavy (non-hydrogen) atoms. The lowest BCUT2D eigenvalue weighted by Crippen LogP contribution is -2.35. The second-order valence-corrected chi connectivity index (χ2v) is 6.08. The van der Waals surface area contributed by atoms with Crippen molar-refractivity contribution in [3.05, 3.63) is 0 Å². The highest BCUT2D eigenvalue weighted by atomic mass is 14.4. The molecule has 4 atom stereocenters. The quantitative estimate of drug-likeness (QED) is 0.534. The van der Waals surface area contributed by atoms with Gasteiger partial charge in [0, 0.05) is 0 Å². The third-order valence-corrected chi connectivity index (χ3v) is 5.34. The van der Waals surface area contributed by atoms with Crippen LogP contribution in [0.5, 0.6) is 0 Å². The molecule has 0 bridgehead atoms. The number of hydrogen-bond acceptors (Lipinski definition) is 0. The van der Waals surface area contributed by atoms with Crippen molar-refractivity contribution in [3.63, 3.8) is 0 Å². The van der Waals surface area contributed by atoms with E-state index in [2.05, 4.69) is 0 Å². The van der Waals surface area contributed by atoms with Gasteiger partial charge in [0.1, 0.15) is 0 Å². The van der Waals surface area contributed by atoms with Crippen molar-refractivity contribution in [3.8, 4) is 0 Å². The van der Waals surface area contributed by atoms with Crippen molar-refractivity contribution in [2.24, 2.45) is 23.7 Å². The van der Waals surface area contributed by atoms with Crippen LogP contribution in [0.15, 0.2) is 0 Å². The normalized spacial score (nSPS) is 48.0. The average molecular weight is 192 g/mol. The maximum absolute atomic E-state index is 1.62. The van der Waals surface area contributed by atoms with Crippen molar-refractivity contribution >= 4 is 0 Å². The molecule has 3 saturated carbocycles. The molecular weight excluding hydrogens is 168 g/mol. The molecule has 0 radical (unpaired) electrons. The van der Waals surface area contributed by atoms with E-state index < -0.39 is 0 Å². The van der Waals surface area contributed by atoms with Crippen LogP contribution in [-0.4, -0.2) is 0 Å². The Morgan fingerprint density at radius 1 is 0.429 bits per heavy atom. The first kappa shape index (κ1) is 9.24. The Kier molecular flexibility index (Phi) is 2.55. The van der Waals surface area contributed by atoms with E-state index in [9.17, 15) is 0 Å². The first-order chi connectivity index (χ1) is 6.93. The third kappa shape index (κ3) is 1.61. The van der Waals surface area contributed by atoms with Gasteiger partial charge in [0.2, 0.25) is 0 Å². The van der Waals surface area contributed by atoms with E-state index in [-0.39, 0.29) is 0 Å². The minimum absolute atomic E-state index is 1.16. The Morgan fingerprint density at radius 3 is 1.00 bits per heavy atom. The van der Waals surface area contributed by atoms with Crippen LogP contribution in [-0.2, 0) is 0 Å². The van der Waals surface area contributed by atoms with Gasteiger partial charge >= 0.3 is 0 Å². The molecule has 0 heterocycles. The predicted molar refractivity (Wildman–Crippen MR) is 60.1 cm³/mol. The molecule has 3 unspecified atom stereocenters. The molecule has 0 spiro atoms. The molecule has 3 aliphatic carbocycles. The smallest absolute Gasteiger partial charge is 0.0383 e. The molecule has 80 valence electrons. The molecule has 0 aromatic heterocycles. The van der Waals surface area contributed by atoms with E-state index >= 15 is 0 Å². The molecule has 0 heteroatoms. The van der Waals surface area contributed by atoms with Gasteiger partial charge in [0.05, 0.1) is 0 Å². The highest BCUT2D eigenvalue weighted by molar-refractivity contribution is 4.89. The molecule has 0 aromatic carbocycles. The molecule has 0 N–H and O–H groups in total. The van der Waals surface area contributed by atoms with Crippen molar-refractivity contribution in [2.75, 3.05) is 0 Å². The molecule has 3 aliphatic rings. The zero-order chi connectivity index (χ0) is 9.38. The van der Waals surface area contributed by atoms with E-state index in [0.29, 0.717) is 0 Å². The van der Waals surface area contributed by atoms with E-state index in [1.165, 1.54) is 0 Å². The van der Waals surface area contributed by atoms with E-state index in [4.69, 9.17) is 0 Å². The predicted octanol–water partition coefficient (Wildman–Crippen LogP) is 4.39. The minimum atomic E-state index is 1.16. The van der Waals surface area contributed by atoms with Crippen molar-refractivity contribution in [2.45, 2.75) is 64.2 Å². The zero-order valence-corrected chi connectivity index (χ0v) is 9.38. The summed E-state index contributed by atoms with van der Waals surface area (Å²) in [5.41, 5.74) is 0. The van der Waals surface area contributed by atoms with Crippen LogP contribution in [0.1, 0.15) is 64.2 Å². The van der Waals surface area contributed by atoms with E-state index in [1.807, 2.05) is 0 Å². The van der Waals surface area contributed by atoms with Crippen LogP contribution in [0.25, 0.3) is 0 Å². The first-order valence-corrected chi connectivity index (χ1v) is 6.93. The Labute approximate surface area is 88.5 Å². The van der Waals surface area contributed by atoms with E-state index in [0.717, 1.165) is 23.7 Å². The molecule has 0 nitrogen and oxygen atoms in total. The summed E-state index contributed by atoms with van der Waals surface area (Å²) in [5, 5.41) is 0. The molecule has 0 aliphatic heterocycles. The lowest BCUT2D eigenvalue weighted by molar-refractivity contribution is 0.0520. The SMILES string of the molecule is C1CCC2C[C@H]3CCCCC3CC2C1. The van der Waals surface area contributed by atoms with Crippen LogP contribution in [0, 0.1) is 23.7 Å². The van der Waals surface area contributed by atoms with Crippen LogP contribution >= 0.6 is 0 Å². The van der Waals surface area contributed by atoms with Crippen LogP contribution < -0.4 is 0 Å². The number of fused-ring (bicyclic) bond motifs is 2. The van der Waals surface area contributed by atoms with Gasteiger partial charge < -0.3 is 0 Å². The first-order valence-electron chi connectivity index (χ1n) is 6.93. The molecule has 3 fully saturated rings. The molecule has 0 saturated heterocycles. The lowest BCUT2D eigenvalue weighted by atomic mass is 9.60. The van der Waals surface area contributed by atoms with Gasteiger partial charge in [-0.2, -0.15) is 0 Å². The fourth-order valence-electron chi connectivity index (χ4n) is 4.59. The van der Waals surface area contributed by atoms with Gasteiger partial charge in [-0.15, -0.1) is 0 Å². The minimum Gasteiger partial charge on any atom is -0.0530 e. The van der Waals surface area contributed by atoms with Gasteiger partial charge in [-0.3, -0.25) is 0 Å². The van der Waals surface area contributed by atoms with Crippen LogP contribution in [0.4, 0.5) is 0 Å². The summed E-state index contributed by atoms with van der Waals surface area (Å²) in [5.74, 6) is 4.62. The highest BCUT2D eigenvalue weighted by Crippen LogP contribution is 2.49. The van der Waals surface area contributed by atoms with Gasteiger partial charge in [-0.25, -0.2) is 0 Å². The van der Waals surface area contributed by atoms with Gasteiger partial charge in [-0.05, 0) is 36.5 Å². The zero-order valence-electron chi connectivity index (χ0n) is 9.38. The Balaban J connectivity index is 1.68. The summed E-state index contributed by atoms with van der Waals surface area (Å²) in [6, 6.07) is 0. The van der Waals surface area contributed by atoms with Gasteiger partial charge in [0.15, 0.2) is 0 Å². The molecule has 0 amide bonds. The summed E-state index contributed by atoms with van der Waals surface area (Å²) in [6.45, 7) is 0. The molecule has 3 rings (SSSR count). The lowest BCUT2D eigenvalue weighted by Gasteiger charge is -2.46. The van der Waals surface area contributed by atoms with E-state index in [1.54, 1.807) is 64.2 Å². The fourth-order valence-corrected chi connectivity index (χ4v) is 4.59. The third-order valence-electron chi connectivity index (χ3n) is 5.34. The highest BCUT2D eigenvalue weighted by Gasteiger charge is 2.38. The number of rotatable bonds is 0. The van der Waals surface area contributed by atoms with Gasteiger partial charge in [-0.1, -0.05) is 51.4 Å². The van der Waals surface area contributed by atoms with Crippen molar-refractivity contribution < 1.29 is 0 Å². The number of hydrogen-bond donors (Lipinski definition) is 0. The summed E-state index contributed by atoms with van der Waals surface area (Å²) < 4.78 is 0. The molecular formula is C14H24. The largest absolute Gasteiger partial charge is 0.0530 e. The van der Waals surface area contributed by atoms with Crippen molar-refractivity contribution in [1.29, 1.82) is 0 Å². The Hall–Kier alpha value is 0. The summed E-state index contributed by atoms with van der Waals surface area (Å²) >= 11 is 0. The Bertz CT molecular complexity index is 154. The second kappa shape index (κ2) is 3.87. The summed E-state index contributed by atoms with van der Waals surface area (Å²) in [4.78, 5) is 0. The standard InChI is InChI=1S/C14H24/c1-2-6-12-10-14-8-4-3-7-13(14)9-11(12)5-1/h11-14H,1-10H2/t11-,12?,13?,14?/m1/s1. The second-order valence-electron chi connectivity index (χ2n) is 6.08.